The van der Waals surface area contributed by atoms with Crippen LogP contribution in [0, 0.1) is 10.1 Å². The monoisotopic (exact) mass is 224 g/mol. The van der Waals surface area contributed by atoms with Crippen molar-refractivity contribution in [2.75, 3.05) is 11.9 Å². The molecule has 0 atom stereocenters. The summed E-state index contributed by atoms with van der Waals surface area (Å²) in [5.74, 6) is -0.0813. The third-order valence-electron chi connectivity index (χ3n) is 1.80. The molecule has 0 spiro atoms. The molecule has 86 valence electrons. The smallest absolute Gasteiger partial charge is 0.296 e. The Morgan fingerprint density at radius 1 is 1.56 bits per heavy atom. The van der Waals surface area contributed by atoms with Crippen molar-refractivity contribution in [1.29, 1.82) is 0 Å². The molecule has 1 N–H and O–H groups in total. The molecule has 1 rings (SSSR count). The van der Waals surface area contributed by atoms with E-state index in [2.05, 4.69) is 5.32 Å². The average Bonchev–Trinajstić information content (AvgIpc) is 2.19. The van der Waals surface area contributed by atoms with Crippen LogP contribution < -0.4 is 10.1 Å². The molecule has 0 fully saturated rings. The summed E-state index contributed by atoms with van der Waals surface area (Å²) in [4.78, 5) is 21.2. The van der Waals surface area contributed by atoms with E-state index in [4.69, 9.17) is 4.74 Å². The van der Waals surface area contributed by atoms with Gasteiger partial charge in [0.15, 0.2) is 5.69 Å². The molecule has 1 aromatic rings. The second kappa shape index (κ2) is 5.11. The van der Waals surface area contributed by atoms with E-state index in [0.29, 0.717) is 12.4 Å². The predicted molar refractivity (Wildman–Crippen MR) is 58.6 cm³/mol. The largest absolute Gasteiger partial charge is 0.491 e. The van der Waals surface area contributed by atoms with Crippen LogP contribution in [-0.2, 0) is 4.79 Å². The number of amides is 1. The SMILES string of the molecule is CCOc1cccc([N+](=O)[O-])c1NC(C)=O. The van der Waals surface area contributed by atoms with Gasteiger partial charge in [-0.15, -0.1) is 0 Å². The van der Waals surface area contributed by atoms with E-state index >= 15 is 0 Å². The van der Waals surface area contributed by atoms with Gasteiger partial charge >= 0.3 is 0 Å². The molecule has 1 amide bonds. The normalized spacial score (nSPS) is 9.62. The van der Waals surface area contributed by atoms with Gasteiger partial charge in [0.1, 0.15) is 5.75 Å². The number of nitrogens with one attached hydrogen (secondary N) is 1. The number of nitrogens with zero attached hydrogens (tertiary/aromatic N) is 1. The highest BCUT2D eigenvalue weighted by Gasteiger charge is 2.19. The molecule has 0 aliphatic rings. The summed E-state index contributed by atoms with van der Waals surface area (Å²) in [6.45, 7) is 3.41. The van der Waals surface area contributed by atoms with Crippen molar-refractivity contribution in [1.82, 2.24) is 0 Å². The molecule has 0 aromatic heterocycles. The zero-order valence-electron chi connectivity index (χ0n) is 9.02. The van der Waals surface area contributed by atoms with Crippen LogP contribution in [0.25, 0.3) is 0 Å². The average molecular weight is 224 g/mol. The van der Waals surface area contributed by atoms with E-state index < -0.39 is 4.92 Å². The fourth-order valence-electron chi connectivity index (χ4n) is 1.25. The Labute approximate surface area is 92.4 Å². The first-order valence-corrected chi connectivity index (χ1v) is 4.74. The topological polar surface area (TPSA) is 81.5 Å². The van der Waals surface area contributed by atoms with Crippen molar-refractivity contribution in [2.24, 2.45) is 0 Å². The summed E-state index contributed by atoms with van der Waals surface area (Å²) >= 11 is 0. The Kier molecular flexibility index (Phi) is 3.82. The molecule has 6 heteroatoms. The maximum atomic E-state index is 11.0. The van der Waals surface area contributed by atoms with Gasteiger partial charge in [-0.1, -0.05) is 6.07 Å². The number of benzene rings is 1. The maximum Gasteiger partial charge on any atom is 0.296 e. The van der Waals surface area contributed by atoms with E-state index in [9.17, 15) is 14.9 Å². The predicted octanol–water partition coefficient (Wildman–Crippen LogP) is 1.95. The standard InChI is InChI=1S/C10H12N2O4/c1-3-16-9-6-4-5-8(12(14)15)10(9)11-7(2)13/h4-6H,3H2,1-2H3,(H,11,13). The van der Waals surface area contributed by atoms with Gasteiger partial charge in [-0.25, -0.2) is 0 Å². The van der Waals surface area contributed by atoms with Gasteiger partial charge in [0, 0.05) is 13.0 Å². The molecule has 0 radical (unpaired) electrons. The van der Waals surface area contributed by atoms with Crippen LogP contribution in [0.2, 0.25) is 0 Å². The first kappa shape index (κ1) is 12.0. The lowest BCUT2D eigenvalue weighted by Gasteiger charge is -2.10. The van der Waals surface area contributed by atoms with Crippen LogP contribution in [0.4, 0.5) is 11.4 Å². The van der Waals surface area contributed by atoms with E-state index in [1.807, 2.05) is 0 Å². The minimum atomic E-state index is -0.562. The van der Waals surface area contributed by atoms with Crippen LogP contribution in [0.5, 0.6) is 5.75 Å². The van der Waals surface area contributed by atoms with Crippen LogP contribution in [0.15, 0.2) is 18.2 Å². The van der Waals surface area contributed by atoms with E-state index in [1.54, 1.807) is 13.0 Å². The number of hydrogen-bond acceptors (Lipinski definition) is 4. The summed E-state index contributed by atoms with van der Waals surface area (Å²) in [5, 5.41) is 13.2. The molecule has 6 nitrogen and oxygen atoms in total. The Hall–Kier alpha value is -2.11. The molecule has 0 aliphatic heterocycles. The van der Waals surface area contributed by atoms with E-state index in [1.165, 1.54) is 19.1 Å². The van der Waals surface area contributed by atoms with Gasteiger partial charge in [-0.05, 0) is 13.0 Å². The highest BCUT2D eigenvalue weighted by atomic mass is 16.6. The number of nitro groups is 1. The summed E-state index contributed by atoms with van der Waals surface area (Å²) in [6.07, 6.45) is 0. The van der Waals surface area contributed by atoms with Crippen molar-refractivity contribution in [2.45, 2.75) is 13.8 Å². The van der Waals surface area contributed by atoms with Gasteiger partial charge < -0.3 is 10.1 Å². The van der Waals surface area contributed by atoms with Crippen LogP contribution >= 0.6 is 0 Å². The van der Waals surface area contributed by atoms with Crippen molar-refractivity contribution in [3.05, 3.63) is 28.3 Å². The van der Waals surface area contributed by atoms with E-state index in [0.717, 1.165) is 0 Å². The zero-order valence-corrected chi connectivity index (χ0v) is 9.02. The first-order chi connectivity index (χ1) is 7.56. The summed E-state index contributed by atoms with van der Waals surface area (Å²) in [6, 6.07) is 4.39. The minimum absolute atomic E-state index is 0.0989. The Morgan fingerprint density at radius 3 is 2.75 bits per heavy atom. The lowest BCUT2D eigenvalue weighted by atomic mass is 10.2. The molecule has 16 heavy (non-hydrogen) atoms. The van der Waals surface area contributed by atoms with E-state index in [-0.39, 0.29) is 17.3 Å². The summed E-state index contributed by atoms with van der Waals surface area (Å²) in [7, 11) is 0. The molecule has 0 heterocycles. The second-order valence-corrected chi connectivity index (χ2v) is 3.02. The third-order valence-corrected chi connectivity index (χ3v) is 1.80. The number of carbonyl (C=O) groups excluding carboxylic acids is 1. The Bertz CT molecular complexity index is 417. The van der Waals surface area contributed by atoms with Gasteiger partial charge in [-0.3, -0.25) is 14.9 Å². The molecule has 1 aromatic carbocycles. The fraction of sp³-hybridized carbons (Fsp3) is 0.300. The summed E-state index contributed by atoms with van der Waals surface area (Å²) < 4.78 is 5.21. The van der Waals surface area contributed by atoms with Gasteiger partial charge in [0.2, 0.25) is 5.91 Å². The number of anilines is 1. The van der Waals surface area contributed by atoms with Crippen molar-refractivity contribution < 1.29 is 14.5 Å². The van der Waals surface area contributed by atoms with Crippen LogP contribution in [0.1, 0.15) is 13.8 Å². The molecule has 0 unspecified atom stereocenters. The number of rotatable bonds is 4. The lowest BCUT2D eigenvalue weighted by molar-refractivity contribution is -0.384. The number of nitro benzene ring substituents is 1. The molecule has 0 bridgehead atoms. The Balaban J connectivity index is 3.22. The number of carbonyl (C=O) groups is 1. The first-order valence-electron chi connectivity index (χ1n) is 4.74. The van der Waals surface area contributed by atoms with Gasteiger partial charge in [-0.2, -0.15) is 0 Å². The molecule has 0 saturated carbocycles. The zero-order chi connectivity index (χ0) is 12.1. The van der Waals surface area contributed by atoms with Crippen molar-refractivity contribution in [3.8, 4) is 5.75 Å². The highest BCUT2D eigenvalue weighted by Crippen LogP contribution is 2.34. The van der Waals surface area contributed by atoms with Crippen LogP contribution in [-0.4, -0.2) is 17.4 Å². The molecule has 0 aliphatic carbocycles. The van der Waals surface area contributed by atoms with Crippen LogP contribution in [0.3, 0.4) is 0 Å². The quantitative estimate of drug-likeness (QED) is 0.626. The van der Waals surface area contributed by atoms with Gasteiger partial charge in [0.05, 0.1) is 11.5 Å². The molecular weight excluding hydrogens is 212 g/mol. The molecule has 0 saturated heterocycles. The number of para-hydroxylation sites is 1. The Morgan fingerprint density at radius 2 is 2.25 bits per heavy atom. The van der Waals surface area contributed by atoms with Crippen molar-refractivity contribution >= 4 is 17.3 Å². The molecular formula is C10H12N2O4. The number of hydrogen-bond donors (Lipinski definition) is 1. The third kappa shape index (κ3) is 2.69. The highest BCUT2D eigenvalue weighted by molar-refractivity contribution is 5.93. The fourth-order valence-corrected chi connectivity index (χ4v) is 1.25. The summed E-state index contributed by atoms with van der Waals surface area (Å²) in [5.41, 5.74) is -0.0806. The number of ether oxygens (including phenoxy) is 1. The second-order valence-electron chi connectivity index (χ2n) is 3.02. The maximum absolute atomic E-state index is 11.0. The lowest BCUT2D eigenvalue weighted by Crippen LogP contribution is -2.10. The van der Waals surface area contributed by atoms with Crippen molar-refractivity contribution in [3.63, 3.8) is 0 Å². The minimum Gasteiger partial charge on any atom is -0.491 e. The van der Waals surface area contributed by atoms with Gasteiger partial charge in [0.25, 0.3) is 5.69 Å².